The Morgan fingerprint density at radius 1 is 1.85 bits per heavy atom. The Balaban J connectivity index is 2.74. The van der Waals surface area contributed by atoms with Crippen LogP contribution < -0.4 is 5.73 Å². The molecule has 1 rings (SSSR count). The first kappa shape index (κ1) is 9.95. The fourth-order valence-electron chi connectivity index (χ4n) is 0.950. The number of nitrogens with two attached hydrogens (primary N) is 1. The van der Waals surface area contributed by atoms with Crippen molar-refractivity contribution in [1.29, 1.82) is 0 Å². The van der Waals surface area contributed by atoms with Gasteiger partial charge in [-0.1, -0.05) is 6.08 Å². The zero-order valence-electron chi connectivity index (χ0n) is 7.06. The summed E-state index contributed by atoms with van der Waals surface area (Å²) >= 11 is 1.41. The summed E-state index contributed by atoms with van der Waals surface area (Å²) in [6, 6.07) is 1.62. The SMILES string of the molecule is C=C[C@@H](N)c1csc(CC(=O)O)c1. The molecule has 0 saturated carbocycles. The molecule has 0 aliphatic heterocycles. The molecule has 0 bridgehead atoms. The summed E-state index contributed by atoms with van der Waals surface area (Å²) in [5.74, 6) is -0.819. The zero-order valence-corrected chi connectivity index (χ0v) is 7.88. The number of rotatable bonds is 4. The van der Waals surface area contributed by atoms with E-state index in [4.69, 9.17) is 10.8 Å². The van der Waals surface area contributed by atoms with Crippen molar-refractivity contribution in [3.63, 3.8) is 0 Å². The number of hydrogen-bond acceptors (Lipinski definition) is 3. The molecular formula is C9H11NO2S. The van der Waals surface area contributed by atoms with Crippen LogP contribution in [0, 0.1) is 0 Å². The van der Waals surface area contributed by atoms with E-state index in [-0.39, 0.29) is 12.5 Å². The van der Waals surface area contributed by atoms with Crippen molar-refractivity contribution in [2.24, 2.45) is 5.73 Å². The summed E-state index contributed by atoms with van der Waals surface area (Å²) in [5.41, 5.74) is 6.61. The Morgan fingerprint density at radius 2 is 2.54 bits per heavy atom. The molecule has 0 saturated heterocycles. The highest BCUT2D eigenvalue weighted by molar-refractivity contribution is 7.10. The Morgan fingerprint density at radius 3 is 3.08 bits per heavy atom. The lowest BCUT2D eigenvalue weighted by Gasteiger charge is -2.00. The van der Waals surface area contributed by atoms with Crippen LogP contribution in [0.3, 0.4) is 0 Å². The van der Waals surface area contributed by atoms with Crippen LogP contribution in [-0.2, 0) is 11.2 Å². The van der Waals surface area contributed by atoms with Gasteiger partial charge in [-0.25, -0.2) is 0 Å². The van der Waals surface area contributed by atoms with Crippen LogP contribution in [0.4, 0.5) is 0 Å². The number of aliphatic carboxylic acids is 1. The fourth-order valence-corrected chi connectivity index (χ4v) is 1.87. The van der Waals surface area contributed by atoms with E-state index in [0.717, 1.165) is 10.4 Å². The summed E-state index contributed by atoms with van der Waals surface area (Å²) < 4.78 is 0. The highest BCUT2D eigenvalue weighted by Crippen LogP contribution is 2.20. The van der Waals surface area contributed by atoms with Crippen LogP contribution in [0.2, 0.25) is 0 Å². The number of carboxylic acid groups (broad SMARTS) is 1. The van der Waals surface area contributed by atoms with E-state index in [1.807, 2.05) is 11.4 Å². The van der Waals surface area contributed by atoms with Gasteiger partial charge in [0.05, 0.1) is 6.42 Å². The molecule has 13 heavy (non-hydrogen) atoms. The molecule has 1 aromatic rings. The third kappa shape index (κ3) is 2.68. The minimum atomic E-state index is -0.819. The molecule has 0 aliphatic carbocycles. The van der Waals surface area contributed by atoms with Crippen LogP contribution in [0.25, 0.3) is 0 Å². The number of hydrogen-bond donors (Lipinski definition) is 2. The fraction of sp³-hybridized carbons (Fsp3) is 0.222. The topological polar surface area (TPSA) is 63.3 Å². The first-order chi connectivity index (χ1) is 6.13. The quantitative estimate of drug-likeness (QED) is 0.720. The van der Waals surface area contributed by atoms with E-state index >= 15 is 0 Å². The van der Waals surface area contributed by atoms with E-state index in [9.17, 15) is 4.79 Å². The molecule has 4 heteroatoms. The molecule has 0 amide bonds. The van der Waals surface area contributed by atoms with Gasteiger partial charge >= 0.3 is 5.97 Å². The highest BCUT2D eigenvalue weighted by atomic mass is 32.1. The maximum absolute atomic E-state index is 10.4. The Hall–Kier alpha value is -1.13. The second-order valence-corrected chi connectivity index (χ2v) is 3.67. The summed E-state index contributed by atoms with van der Waals surface area (Å²) in [6.45, 7) is 3.57. The van der Waals surface area contributed by atoms with E-state index in [2.05, 4.69) is 6.58 Å². The zero-order chi connectivity index (χ0) is 9.84. The number of carboxylic acids is 1. The van der Waals surface area contributed by atoms with Crippen molar-refractivity contribution in [3.05, 3.63) is 34.5 Å². The highest BCUT2D eigenvalue weighted by Gasteiger charge is 2.07. The maximum Gasteiger partial charge on any atom is 0.308 e. The predicted molar refractivity (Wildman–Crippen MR) is 52.8 cm³/mol. The third-order valence-corrected chi connectivity index (χ3v) is 2.59. The molecule has 0 aromatic carbocycles. The molecule has 70 valence electrons. The average Bonchev–Trinajstić information content (AvgIpc) is 2.50. The molecule has 1 aromatic heterocycles. The van der Waals surface area contributed by atoms with Gasteiger partial charge in [0.1, 0.15) is 0 Å². The molecule has 0 spiro atoms. The van der Waals surface area contributed by atoms with Gasteiger partial charge in [-0.15, -0.1) is 17.9 Å². The summed E-state index contributed by atoms with van der Waals surface area (Å²) in [5, 5.41) is 10.4. The Kier molecular flexibility index (Phi) is 3.22. The molecule has 0 radical (unpaired) electrons. The van der Waals surface area contributed by atoms with Crippen molar-refractivity contribution in [1.82, 2.24) is 0 Å². The molecule has 1 heterocycles. The van der Waals surface area contributed by atoms with E-state index in [1.165, 1.54) is 11.3 Å². The van der Waals surface area contributed by atoms with E-state index in [1.54, 1.807) is 6.08 Å². The minimum absolute atomic E-state index is 0.0640. The van der Waals surface area contributed by atoms with Crippen molar-refractivity contribution in [2.75, 3.05) is 0 Å². The van der Waals surface area contributed by atoms with Gasteiger partial charge in [-0.05, 0) is 17.0 Å². The second kappa shape index (κ2) is 4.20. The molecular weight excluding hydrogens is 186 g/mol. The molecule has 0 unspecified atom stereocenters. The van der Waals surface area contributed by atoms with Gasteiger partial charge in [0.25, 0.3) is 0 Å². The molecule has 0 aliphatic rings. The number of thiophene rings is 1. The lowest BCUT2D eigenvalue weighted by molar-refractivity contribution is -0.136. The lowest BCUT2D eigenvalue weighted by atomic mass is 10.1. The smallest absolute Gasteiger partial charge is 0.308 e. The van der Waals surface area contributed by atoms with Gasteiger partial charge < -0.3 is 10.8 Å². The van der Waals surface area contributed by atoms with Gasteiger partial charge in [-0.3, -0.25) is 4.79 Å². The largest absolute Gasteiger partial charge is 0.481 e. The molecule has 3 nitrogen and oxygen atoms in total. The standard InChI is InChI=1S/C9H11NO2S/c1-2-8(10)6-3-7(13-5-6)4-9(11)12/h2-3,5,8H,1,4,10H2,(H,11,12)/t8-/m1/s1. The summed E-state index contributed by atoms with van der Waals surface area (Å²) in [7, 11) is 0. The van der Waals surface area contributed by atoms with E-state index < -0.39 is 5.97 Å². The van der Waals surface area contributed by atoms with E-state index in [0.29, 0.717) is 0 Å². The van der Waals surface area contributed by atoms with Gasteiger partial charge in [0.2, 0.25) is 0 Å². The van der Waals surface area contributed by atoms with Crippen molar-refractivity contribution >= 4 is 17.3 Å². The normalized spacial score (nSPS) is 12.4. The predicted octanol–water partition coefficient (Wildman–Crippen LogP) is 1.56. The average molecular weight is 197 g/mol. The van der Waals surface area contributed by atoms with Crippen LogP contribution in [0.5, 0.6) is 0 Å². The third-order valence-electron chi connectivity index (χ3n) is 1.64. The van der Waals surface area contributed by atoms with Crippen molar-refractivity contribution < 1.29 is 9.90 Å². The Bertz CT molecular complexity index is 319. The summed E-state index contributed by atoms with van der Waals surface area (Å²) in [4.78, 5) is 11.2. The molecule has 1 atom stereocenters. The molecule has 3 N–H and O–H groups in total. The number of carbonyl (C=O) groups is 1. The maximum atomic E-state index is 10.4. The van der Waals surface area contributed by atoms with Gasteiger partial charge in [0, 0.05) is 10.9 Å². The Labute approximate surface area is 80.5 Å². The van der Waals surface area contributed by atoms with Gasteiger partial charge in [-0.2, -0.15) is 0 Å². The first-order valence-electron chi connectivity index (χ1n) is 3.80. The second-order valence-electron chi connectivity index (χ2n) is 2.68. The van der Waals surface area contributed by atoms with Crippen molar-refractivity contribution in [3.8, 4) is 0 Å². The van der Waals surface area contributed by atoms with Crippen LogP contribution >= 0.6 is 11.3 Å². The lowest BCUT2D eigenvalue weighted by Crippen LogP contribution is -2.04. The summed E-state index contributed by atoms with van der Waals surface area (Å²) in [6.07, 6.45) is 1.70. The van der Waals surface area contributed by atoms with Gasteiger partial charge in [0.15, 0.2) is 0 Å². The van der Waals surface area contributed by atoms with Crippen LogP contribution in [0.15, 0.2) is 24.1 Å². The van der Waals surface area contributed by atoms with Crippen LogP contribution in [0.1, 0.15) is 16.5 Å². The minimum Gasteiger partial charge on any atom is -0.481 e. The van der Waals surface area contributed by atoms with Crippen LogP contribution in [-0.4, -0.2) is 11.1 Å². The first-order valence-corrected chi connectivity index (χ1v) is 4.68. The molecule has 0 fully saturated rings. The monoisotopic (exact) mass is 197 g/mol. The van der Waals surface area contributed by atoms with Crippen molar-refractivity contribution in [2.45, 2.75) is 12.5 Å².